The molecule has 3 aromatic rings. The van der Waals surface area contributed by atoms with E-state index < -0.39 is 29.6 Å². The Labute approximate surface area is 179 Å². The van der Waals surface area contributed by atoms with Crippen molar-refractivity contribution in [3.05, 3.63) is 71.9 Å². The maximum absolute atomic E-state index is 12.9. The number of para-hydroxylation sites is 1. The Morgan fingerprint density at radius 2 is 1.74 bits per heavy atom. The normalized spacial score (nSPS) is 12.2. The average molecular weight is 423 g/mol. The zero-order valence-corrected chi connectivity index (χ0v) is 17.3. The van der Waals surface area contributed by atoms with Crippen LogP contribution in [0, 0.1) is 0 Å². The third kappa shape index (κ3) is 5.63. The number of fused-ring (bicyclic) bond motifs is 1. The molecule has 2 amide bonds. The van der Waals surface area contributed by atoms with Crippen LogP contribution in [0.5, 0.6) is 0 Å². The van der Waals surface area contributed by atoms with Crippen LogP contribution in [0.3, 0.4) is 0 Å². The van der Waals surface area contributed by atoms with Crippen LogP contribution in [-0.4, -0.2) is 39.6 Å². The topological polar surface area (TPSA) is 121 Å². The molecule has 1 heterocycles. The van der Waals surface area contributed by atoms with Crippen molar-refractivity contribution in [3.63, 3.8) is 0 Å². The van der Waals surface area contributed by atoms with E-state index in [9.17, 15) is 19.5 Å². The van der Waals surface area contributed by atoms with Crippen molar-refractivity contribution in [2.75, 3.05) is 0 Å². The van der Waals surface area contributed by atoms with E-state index in [0.29, 0.717) is 0 Å². The summed E-state index contributed by atoms with van der Waals surface area (Å²) in [5.74, 6) is -1.80. The molecule has 8 heteroatoms. The number of rotatable bonds is 8. The molecule has 4 N–H and O–H groups in total. The second-order valence-electron chi connectivity index (χ2n) is 7.74. The summed E-state index contributed by atoms with van der Waals surface area (Å²) in [6.45, 7) is 2.81. The van der Waals surface area contributed by atoms with Crippen molar-refractivity contribution < 1.29 is 24.2 Å². The second-order valence-corrected chi connectivity index (χ2v) is 7.74. The van der Waals surface area contributed by atoms with E-state index in [1.165, 1.54) is 13.8 Å². The van der Waals surface area contributed by atoms with Crippen molar-refractivity contribution in [2.24, 2.45) is 0 Å². The molecule has 0 spiro atoms. The van der Waals surface area contributed by atoms with E-state index in [0.717, 1.165) is 22.0 Å². The minimum absolute atomic E-state index is 0.0503. The number of amides is 2. The smallest absolute Gasteiger partial charge is 0.408 e. The van der Waals surface area contributed by atoms with E-state index in [2.05, 4.69) is 15.6 Å². The van der Waals surface area contributed by atoms with Crippen LogP contribution in [0.2, 0.25) is 0 Å². The molecular formula is C23H25N3O5. The van der Waals surface area contributed by atoms with Gasteiger partial charge in [-0.3, -0.25) is 4.79 Å². The van der Waals surface area contributed by atoms with Crippen molar-refractivity contribution in [1.82, 2.24) is 15.6 Å². The molecule has 8 nitrogen and oxygen atoms in total. The monoisotopic (exact) mass is 423 g/mol. The van der Waals surface area contributed by atoms with E-state index in [-0.39, 0.29) is 13.0 Å². The van der Waals surface area contributed by atoms with Crippen LogP contribution in [-0.2, 0) is 27.4 Å². The quantitative estimate of drug-likeness (QED) is 0.444. The van der Waals surface area contributed by atoms with Gasteiger partial charge in [0.25, 0.3) is 0 Å². The Bertz CT molecular complexity index is 1080. The Hall–Kier alpha value is -3.81. The van der Waals surface area contributed by atoms with Crippen LogP contribution in [0.25, 0.3) is 10.9 Å². The van der Waals surface area contributed by atoms with E-state index in [1.807, 2.05) is 54.6 Å². The van der Waals surface area contributed by atoms with Crippen molar-refractivity contribution in [1.29, 1.82) is 0 Å². The van der Waals surface area contributed by atoms with Gasteiger partial charge in [-0.05, 0) is 31.0 Å². The zero-order chi connectivity index (χ0) is 22.4. The zero-order valence-electron chi connectivity index (χ0n) is 17.3. The molecule has 2 aromatic carbocycles. The minimum atomic E-state index is -1.49. The number of aliphatic carboxylic acids is 1. The molecule has 0 radical (unpaired) electrons. The average Bonchev–Trinajstić information content (AvgIpc) is 3.15. The SMILES string of the molecule is CC(C)(NC(=O)[C@@H](Cc1c[nH]c2ccccc12)NC(=O)OCc1ccccc1)C(=O)O. The highest BCUT2D eigenvalue weighted by atomic mass is 16.5. The highest BCUT2D eigenvalue weighted by Gasteiger charge is 2.33. The van der Waals surface area contributed by atoms with Gasteiger partial charge in [0.15, 0.2) is 0 Å². The first-order valence-corrected chi connectivity index (χ1v) is 9.84. The van der Waals surface area contributed by atoms with Gasteiger partial charge in [-0.15, -0.1) is 0 Å². The molecule has 0 saturated carbocycles. The fourth-order valence-corrected chi connectivity index (χ4v) is 3.09. The number of aromatic nitrogens is 1. The molecule has 0 aliphatic heterocycles. The molecule has 0 bridgehead atoms. The predicted molar refractivity (Wildman–Crippen MR) is 115 cm³/mol. The number of carbonyl (C=O) groups is 3. The number of hydrogen-bond donors (Lipinski definition) is 4. The molecule has 0 fully saturated rings. The Morgan fingerprint density at radius 3 is 2.45 bits per heavy atom. The van der Waals surface area contributed by atoms with Crippen LogP contribution < -0.4 is 10.6 Å². The van der Waals surface area contributed by atoms with Crippen LogP contribution in [0.1, 0.15) is 25.0 Å². The van der Waals surface area contributed by atoms with Crippen molar-refractivity contribution >= 4 is 28.9 Å². The molecule has 31 heavy (non-hydrogen) atoms. The van der Waals surface area contributed by atoms with Crippen LogP contribution in [0.15, 0.2) is 60.8 Å². The van der Waals surface area contributed by atoms with Crippen molar-refractivity contribution in [3.8, 4) is 0 Å². The lowest BCUT2D eigenvalue weighted by Gasteiger charge is -2.25. The molecule has 0 aliphatic rings. The Kier molecular flexibility index (Phi) is 6.59. The van der Waals surface area contributed by atoms with Gasteiger partial charge in [0.05, 0.1) is 0 Å². The fourth-order valence-electron chi connectivity index (χ4n) is 3.09. The molecule has 3 rings (SSSR count). The van der Waals surface area contributed by atoms with Crippen LogP contribution >= 0.6 is 0 Å². The summed E-state index contributed by atoms with van der Waals surface area (Å²) < 4.78 is 5.24. The number of hydrogen-bond acceptors (Lipinski definition) is 4. The van der Waals surface area contributed by atoms with Gasteiger partial charge in [-0.1, -0.05) is 48.5 Å². The summed E-state index contributed by atoms with van der Waals surface area (Å²) in [4.78, 5) is 39.8. The summed E-state index contributed by atoms with van der Waals surface area (Å²) in [6.07, 6.45) is 1.16. The largest absolute Gasteiger partial charge is 0.480 e. The first-order chi connectivity index (χ1) is 14.8. The van der Waals surface area contributed by atoms with E-state index in [1.54, 1.807) is 6.20 Å². The number of carboxylic acids is 1. The second kappa shape index (κ2) is 9.34. The van der Waals surface area contributed by atoms with Gasteiger partial charge >= 0.3 is 12.1 Å². The standard InChI is InChI=1S/C23H25N3O5/c1-23(2,21(28)29)26-20(27)19(12-16-13-24-18-11-7-6-10-17(16)18)25-22(30)31-14-15-8-4-3-5-9-15/h3-11,13,19,24H,12,14H2,1-2H3,(H,25,30)(H,26,27)(H,28,29)/t19-/m1/s1. The van der Waals surface area contributed by atoms with E-state index in [4.69, 9.17) is 4.74 Å². The highest BCUT2D eigenvalue weighted by molar-refractivity contribution is 5.92. The molecule has 0 unspecified atom stereocenters. The summed E-state index contributed by atoms with van der Waals surface area (Å²) in [5.41, 5.74) is 1.02. The maximum atomic E-state index is 12.9. The number of ether oxygens (including phenoxy) is 1. The lowest BCUT2D eigenvalue weighted by Crippen LogP contribution is -2.57. The molecule has 0 aliphatic carbocycles. The number of alkyl carbamates (subject to hydrolysis) is 1. The number of benzene rings is 2. The van der Waals surface area contributed by atoms with Crippen molar-refractivity contribution in [2.45, 2.75) is 38.5 Å². The third-order valence-electron chi connectivity index (χ3n) is 4.89. The van der Waals surface area contributed by atoms with Crippen LogP contribution in [0.4, 0.5) is 4.79 Å². The first-order valence-electron chi connectivity index (χ1n) is 9.84. The fraction of sp³-hybridized carbons (Fsp3) is 0.261. The number of nitrogens with one attached hydrogen (secondary N) is 3. The highest BCUT2D eigenvalue weighted by Crippen LogP contribution is 2.19. The number of carboxylic acid groups (broad SMARTS) is 1. The predicted octanol–water partition coefficient (Wildman–Crippen LogP) is 2.98. The van der Waals surface area contributed by atoms with Gasteiger partial charge in [0, 0.05) is 23.5 Å². The molecular weight excluding hydrogens is 398 g/mol. The molecule has 0 saturated heterocycles. The number of H-pyrrole nitrogens is 1. The Morgan fingerprint density at radius 1 is 1.06 bits per heavy atom. The van der Waals surface area contributed by atoms with Gasteiger partial charge in [0.2, 0.25) is 5.91 Å². The lowest BCUT2D eigenvalue weighted by molar-refractivity contribution is -0.146. The summed E-state index contributed by atoms with van der Waals surface area (Å²) in [6, 6.07) is 15.7. The molecule has 1 aromatic heterocycles. The first kappa shape index (κ1) is 21.9. The molecule has 1 atom stereocenters. The van der Waals surface area contributed by atoms with Gasteiger partial charge < -0.3 is 25.5 Å². The van der Waals surface area contributed by atoms with Gasteiger partial charge in [0.1, 0.15) is 18.2 Å². The summed E-state index contributed by atoms with van der Waals surface area (Å²) >= 11 is 0. The third-order valence-corrected chi connectivity index (χ3v) is 4.89. The minimum Gasteiger partial charge on any atom is -0.480 e. The van der Waals surface area contributed by atoms with Gasteiger partial charge in [-0.2, -0.15) is 0 Å². The maximum Gasteiger partial charge on any atom is 0.408 e. The number of aromatic amines is 1. The summed E-state index contributed by atoms with van der Waals surface area (Å²) in [5, 5.41) is 15.3. The van der Waals surface area contributed by atoms with E-state index >= 15 is 0 Å². The van der Waals surface area contributed by atoms with Gasteiger partial charge in [-0.25, -0.2) is 9.59 Å². The summed E-state index contributed by atoms with van der Waals surface area (Å²) in [7, 11) is 0. The molecule has 162 valence electrons. The lowest BCUT2D eigenvalue weighted by atomic mass is 10.0. The number of carbonyl (C=O) groups excluding carboxylic acids is 2. The Balaban J connectivity index is 1.75.